The van der Waals surface area contributed by atoms with Crippen LogP contribution < -0.4 is 15.0 Å². The van der Waals surface area contributed by atoms with Gasteiger partial charge in [-0.05, 0) is 43.2 Å². The number of ether oxygens (including phenoxy) is 1. The SMILES string of the molecule is CCOc1cccc(N2C(=O)C(Nc3ccccc3C)=C(c3ccccc3)C2=O)c1. The second-order valence-electron chi connectivity index (χ2n) is 6.93. The summed E-state index contributed by atoms with van der Waals surface area (Å²) in [5, 5.41) is 3.21. The second kappa shape index (κ2) is 8.25. The number of amides is 2. The molecular weight excluding hydrogens is 376 g/mol. The number of hydrogen-bond acceptors (Lipinski definition) is 4. The topological polar surface area (TPSA) is 58.6 Å². The molecule has 0 radical (unpaired) electrons. The van der Waals surface area contributed by atoms with Gasteiger partial charge in [-0.25, -0.2) is 4.90 Å². The van der Waals surface area contributed by atoms with Crippen LogP contribution in [-0.2, 0) is 9.59 Å². The molecule has 5 nitrogen and oxygen atoms in total. The van der Waals surface area contributed by atoms with Crippen molar-refractivity contribution in [3.05, 3.63) is 95.7 Å². The summed E-state index contributed by atoms with van der Waals surface area (Å²) < 4.78 is 5.55. The lowest BCUT2D eigenvalue weighted by atomic mass is 10.0. The van der Waals surface area contributed by atoms with Crippen molar-refractivity contribution in [3.63, 3.8) is 0 Å². The van der Waals surface area contributed by atoms with E-state index in [-0.39, 0.29) is 11.6 Å². The summed E-state index contributed by atoms with van der Waals surface area (Å²) >= 11 is 0. The number of carbonyl (C=O) groups is 2. The van der Waals surface area contributed by atoms with Crippen LogP contribution in [0.1, 0.15) is 18.1 Å². The molecule has 0 atom stereocenters. The standard InChI is InChI=1S/C25H22N2O3/c1-3-30-20-14-9-13-19(16-20)27-24(28)22(18-11-5-4-6-12-18)23(25(27)29)26-21-15-8-7-10-17(21)2/h4-16,26H,3H2,1-2H3. The molecule has 1 heterocycles. The molecule has 1 N–H and O–H groups in total. The average molecular weight is 398 g/mol. The third-order valence-electron chi connectivity index (χ3n) is 4.94. The third-order valence-corrected chi connectivity index (χ3v) is 4.94. The number of rotatable bonds is 6. The predicted molar refractivity (Wildman–Crippen MR) is 118 cm³/mol. The molecule has 0 saturated heterocycles. The van der Waals surface area contributed by atoms with Crippen molar-refractivity contribution in [1.82, 2.24) is 0 Å². The number of aryl methyl sites for hydroxylation is 1. The van der Waals surface area contributed by atoms with E-state index >= 15 is 0 Å². The lowest BCUT2D eigenvalue weighted by Gasteiger charge is -2.16. The largest absolute Gasteiger partial charge is 0.494 e. The van der Waals surface area contributed by atoms with Gasteiger partial charge in [-0.15, -0.1) is 0 Å². The maximum Gasteiger partial charge on any atom is 0.282 e. The second-order valence-corrected chi connectivity index (χ2v) is 6.93. The van der Waals surface area contributed by atoms with Crippen molar-refractivity contribution in [3.8, 4) is 5.75 Å². The molecule has 0 fully saturated rings. The fourth-order valence-electron chi connectivity index (χ4n) is 3.48. The molecule has 1 aliphatic rings. The van der Waals surface area contributed by atoms with Crippen LogP contribution in [0.25, 0.3) is 5.57 Å². The van der Waals surface area contributed by atoms with E-state index in [2.05, 4.69) is 5.32 Å². The molecule has 0 aromatic heterocycles. The van der Waals surface area contributed by atoms with E-state index < -0.39 is 5.91 Å². The van der Waals surface area contributed by atoms with Gasteiger partial charge in [-0.3, -0.25) is 9.59 Å². The lowest BCUT2D eigenvalue weighted by Crippen LogP contribution is -2.32. The number of anilines is 2. The number of para-hydroxylation sites is 1. The van der Waals surface area contributed by atoms with Crippen LogP contribution in [0, 0.1) is 6.92 Å². The minimum atomic E-state index is -0.393. The van der Waals surface area contributed by atoms with Crippen LogP contribution >= 0.6 is 0 Å². The van der Waals surface area contributed by atoms with Gasteiger partial charge in [0.15, 0.2) is 0 Å². The van der Waals surface area contributed by atoms with E-state index in [1.54, 1.807) is 24.3 Å². The number of nitrogens with zero attached hydrogens (tertiary/aromatic N) is 1. The van der Waals surface area contributed by atoms with Crippen LogP contribution in [0.4, 0.5) is 11.4 Å². The first-order chi connectivity index (χ1) is 14.6. The molecule has 3 aromatic carbocycles. The molecule has 0 bridgehead atoms. The Bertz CT molecular complexity index is 1140. The Morgan fingerprint density at radius 2 is 1.60 bits per heavy atom. The van der Waals surface area contributed by atoms with Crippen molar-refractivity contribution in [2.75, 3.05) is 16.8 Å². The van der Waals surface area contributed by atoms with Gasteiger partial charge in [-0.1, -0.05) is 54.6 Å². The van der Waals surface area contributed by atoms with Crippen molar-refractivity contribution in [2.45, 2.75) is 13.8 Å². The first-order valence-electron chi connectivity index (χ1n) is 9.84. The summed E-state index contributed by atoms with van der Waals surface area (Å²) in [6.07, 6.45) is 0. The molecule has 0 saturated carbocycles. The monoisotopic (exact) mass is 398 g/mol. The van der Waals surface area contributed by atoms with Gasteiger partial charge in [-0.2, -0.15) is 0 Å². The van der Waals surface area contributed by atoms with Crippen molar-refractivity contribution in [1.29, 1.82) is 0 Å². The Kier molecular flexibility index (Phi) is 5.35. The summed E-state index contributed by atoms with van der Waals surface area (Å²) in [6.45, 7) is 4.34. The van der Waals surface area contributed by atoms with E-state index in [1.165, 1.54) is 4.90 Å². The van der Waals surface area contributed by atoms with Crippen molar-refractivity contribution < 1.29 is 14.3 Å². The number of hydrogen-bond donors (Lipinski definition) is 1. The van der Waals surface area contributed by atoms with Gasteiger partial charge in [0.25, 0.3) is 11.8 Å². The van der Waals surface area contributed by atoms with E-state index in [9.17, 15) is 9.59 Å². The Morgan fingerprint density at radius 3 is 2.33 bits per heavy atom. The zero-order chi connectivity index (χ0) is 21.1. The van der Waals surface area contributed by atoms with E-state index in [4.69, 9.17) is 4.74 Å². The minimum absolute atomic E-state index is 0.266. The van der Waals surface area contributed by atoms with Gasteiger partial charge in [0.2, 0.25) is 0 Å². The maximum absolute atomic E-state index is 13.4. The highest BCUT2D eigenvalue weighted by molar-refractivity contribution is 6.46. The molecular formula is C25H22N2O3. The Morgan fingerprint density at radius 1 is 0.867 bits per heavy atom. The maximum atomic E-state index is 13.4. The third kappa shape index (κ3) is 3.57. The number of benzene rings is 3. The van der Waals surface area contributed by atoms with Crippen LogP contribution in [0.3, 0.4) is 0 Å². The molecule has 0 spiro atoms. The first kappa shape index (κ1) is 19.5. The Balaban J connectivity index is 1.80. The van der Waals surface area contributed by atoms with Gasteiger partial charge in [0.1, 0.15) is 11.4 Å². The first-order valence-corrected chi connectivity index (χ1v) is 9.84. The highest BCUT2D eigenvalue weighted by Gasteiger charge is 2.40. The van der Waals surface area contributed by atoms with E-state index in [0.29, 0.717) is 29.2 Å². The molecule has 1 aliphatic heterocycles. The summed E-state index contributed by atoms with van der Waals surface area (Å²) in [5.74, 6) is -0.149. The van der Waals surface area contributed by atoms with Crippen molar-refractivity contribution in [2.24, 2.45) is 0 Å². The van der Waals surface area contributed by atoms with E-state index in [0.717, 1.165) is 11.3 Å². The minimum Gasteiger partial charge on any atom is -0.494 e. The molecule has 30 heavy (non-hydrogen) atoms. The highest BCUT2D eigenvalue weighted by atomic mass is 16.5. The van der Waals surface area contributed by atoms with Crippen LogP contribution in [-0.4, -0.2) is 18.4 Å². The summed E-state index contributed by atoms with van der Waals surface area (Å²) in [7, 11) is 0. The fourth-order valence-corrected chi connectivity index (χ4v) is 3.48. The molecule has 0 unspecified atom stereocenters. The molecule has 2 amide bonds. The smallest absolute Gasteiger partial charge is 0.282 e. The van der Waals surface area contributed by atoms with Crippen LogP contribution in [0.15, 0.2) is 84.6 Å². The quantitative estimate of drug-likeness (QED) is 0.607. The van der Waals surface area contributed by atoms with Gasteiger partial charge < -0.3 is 10.1 Å². The number of imide groups is 1. The van der Waals surface area contributed by atoms with Gasteiger partial charge >= 0.3 is 0 Å². The summed E-state index contributed by atoms with van der Waals surface area (Å²) in [5.41, 5.74) is 3.55. The Labute approximate surface area is 175 Å². The van der Waals surface area contributed by atoms with Crippen LogP contribution in [0.2, 0.25) is 0 Å². The molecule has 5 heteroatoms. The fraction of sp³-hybridized carbons (Fsp3) is 0.120. The normalized spacial score (nSPS) is 13.7. The van der Waals surface area contributed by atoms with Gasteiger partial charge in [0.05, 0.1) is 17.9 Å². The van der Waals surface area contributed by atoms with Gasteiger partial charge in [0, 0.05) is 11.8 Å². The van der Waals surface area contributed by atoms with E-state index in [1.807, 2.05) is 68.4 Å². The molecule has 4 rings (SSSR count). The number of carbonyl (C=O) groups excluding carboxylic acids is 2. The lowest BCUT2D eigenvalue weighted by molar-refractivity contribution is -0.120. The zero-order valence-electron chi connectivity index (χ0n) is 16.9. The summed E-state index contributed by atoms with van der Waals surface area (Å²) in [4.78, 5) is 28.1. The van der Waals surface area contributed by atoms with Crippen LogP contribution in [0.5, 0.6) is 5.75 Å². The molecule has 150 valence electrons. The highest BCUT2D eigenvalue weighted by Crippen LogP contribution is 2.35. The number of nitrogens with one attached hydrogen (secondary N) is 1. The summed E-state index contributed by atoms with van der Waals surface area (Å²) in [6, 6.07) is 23.9. The molecule has 3 aromatic rings. The average Bonchev–Trinajstić information content (AvgIpc) is 3.00. The molecule has 0 aliphatic carbocycles. The van der Waals surface area contributed by atoms with Crippen molar-refractivity contribution >= 4 is 28.8 Å². The zero-order valence-corrected chi connectivity index (χ0v) is 16.9. The predicted octanol–water partition coefficient (Wildman–Crippen LogP) is 4.79. The Hall–Kier alpha value is -3.86.